The van der Waals surface area contributed by atoms with Crippen LogP contribution in [0, 0.1) is 0 Å². The van der Waals surface area contributed by atoms with Crippen molar-refractivity contribution in [2.45, 2.75) is 26.2 Å². The molecule has 2 N–H and O–H groups in total. The molecule has 0 unspecified atom stereocenters. The van der Waals surface area contributed by atoms with E-state index >= 15 is 0 Å². The zero-order valence-electron chi connectivity index (χ0n) is 7.39. The largest absolute Gasteiger partial charge is 0.356 e. The highest BCUT2D eigenvalue weighted by molar-refractivity contribution is 5.22. The average Bonchev–Trinajstić information content (AvgIpc) is 2.32. The molecule has 0 saturated heterocycles. The summed E-state index contributed by atoms with van der Waals surface area (Å²) in [5, 5.41) is 9.69. The first-order valence-corrected chi connectivity index (χ1v) is 3.64. The molecule has 11 heavy (non-hydrogen) atoms. The van der Waals surface area contributed by atoms with Crippen LogP contribution in [0.25, 0.3) is 0 Å². The fraction of sp³-hybridized carbons (Fsp3) is 0.714. The third-order valence-corrected chi connectivity index (χ3v) is 1.42. The summed E-state index contributed by atoms with van der Waals surface area (Å²) < 4.78 is 0. The molecule has 0 bridgehead atoms. The number of hydrogen-bond acceptors (Lipinski definition) is 3. The molecule has 0 aliphatic rings. The van der Waals surface area contributed by atoms with E-state index in [-0.39, 0.29) is 5.41 Å². The van der Waals surface area contributed by atoms with Gasteiger partial charge < -0.3 is 5.32 Å². The fourth-order valence-electron chi connectivity index (χ4n) is 0.709. The lowest BCUT2D eigenvalue weighted by Gasteiger charge is -2.12. The van der Waals surface area contributed by atoms with Gasteiger partial charge in [0.25, 0.3) is 0 Å². The van der Waals surface area contributed by atoms with Crippen LogP contribution in [0.3, 0.4) is 0 Å². The van der Waals surface area contributed by atoms with Crippen LogP contribution in [0.2, 0.25) is 0 Å². The van der Waals surface area contributed by atoms with Crippen LogP contribution in [0.5, 0.6) is 0 Å². The first kappa shape index (κ1) is 8.04. The monoisotopic (exact) mass is 154 g/mol. The summed E-state index contributed by atoms with van der Waals surface area (Å²) in [6.07, 6.45) is 0. The Balaban J connectivity index is 2.89. The molecule has 0 atom stereocenters. The lowest BCUT2D eigenvalue weighted by Crippen LogP contribution is -2.13. The molecule has 1 aromatic rings. The van der Waals surface area contributed by atoms with Gasteiger partial charge in [-0.1, -0.05) is 20.8 Å². The van der Waals surface area contributed by atoms with Gasteiger partial charge in [-0.05, 0) is 0 Å². The van der Waals surface area contributed by atoms with E-state index in [1.165, 1.54) is 0 Å². The summed E-state index contributed by atoms with van der Waals surface area (Å²) in [4.78, 5) is 4.22. The van der Waals surface area contributed by atoms with Gasteiger partial charge in [-0.3, -0.25) is 5.10 Å². The summed E-state index contributed by atoms with van der Waals surface area (Å²) in [5.41, 5.74) is 0.0437. The molecule has 0 fully saturated rings. The van der Waals surface area contributed by atoms with Crippen molar-refractivity contribution in [3.05, 3.63) is 5.82 Å². The Morgan fingerprint density at radius 2 is 2.00 bits per heavy atom. The SMILES string of the molecule is CNc1n[nH]c(C(C)(C)C)n1. The van der Waals surface area contributed by atoms with Crippen molar-refractivity contribution < 1.29 is 0 Å². The Morgan fingerprint density at radius 3 is 2.27 bits per heavy atom. The third kappa shape index (κ3) is 1.69. The molecule has 62 valence electrons. The molecule has 1 heterocycles. The molecular weight excluding hydrogens is 140 g/mol. The van der Waals surface area contributed by atoms with Gasteiger partial charge in [0, 0.05) is 12.5 Å². The second-order valence-electron chi connectivity index (χ2n) is 3.51. The fourth-order valence-corrected chi connectivity index (χ4v) is 0.709. The van der Waals surface area contributed by atoms with Gasteiger partial charge in [0.15, 0.2) is 0 Å². The zero-order chi connectivity index (χ0) is 8.48. The molecule has 4 nitrogen and oxygen atoms in total. The van der Waals surface area contributed by atoms with Crippen molar-refractivity contribution in [3.8, 4) is 0 Å². The molecule has 1 aromatic heterocycles. The maximum atomic E-state index is 4.22. The van der Waals surface area contributed by atoms with Crippen molar-refractivity contribution in [1.29, 1.82) is 0 Å². The van der Waals surface area contributed by atoms with Gasteiger partial charge in [-0.15, -0.1) is 5.10 Å². The predicted octanol–water partition coefficient (Wildman–Crippen LogP) is 1.14. The van der Waals surface area contributed by atoms with Gasteiger partial charge in [-0.25, -0.2) is 0 Å². The summed E-state index contributed by atoms with van der Waals surface area (Å²) in [7, 11) is 1.80. The van der Waals surface area contributed by atoms with E-state index in [2.05, 4.69) is 41.3 Å². The van der Waals surface area contributed by atoms with Crippen LogP contribution in [0.15, 0.2) is 0 Å². The number of rotatable bonds is 1. The van der Waals surface area contributed by atoms with Crippen LogP contribution in [0.1, 0.15) is 26.6 Å². The van der Waals surface area contributed by atoms with E-state index in [1.807, 2.05) is 0 Å². The standard InChI is InChI=1S/C7H14N4/c1-7(2,3)5-9-6(8-4)11-10-5/h1-4H3,(H2,8,9,10,11). The van der Waals surface area contributed by atoms with Crippen LogP contribution in [-0.2, 0) is 5.41 Å². The molecule has 0 radical (unpaired) electrons. The summed E-state index contributed by atoms with van der Waals surface area (Å²) >= 11 is 0. The zero-order valence-corrected chi connectivity index (χ0v) is 7.39. The Morgan fingerprint density at radius 1 is 1.36 bits per heavy atom. The van der Waals surface area contributed by atoms with Crippen LogP contribution in [-0.4, -0.2) is 22.2 Å². The van der Waals surface area contributed by atoms with Crippen LogP contribution < -0.4 is 5.32 Å². The average molecular weight is 154 g/mol. The lowest BCUT2D eigenvalue weighted by atomic mass is 9.96. The molecular formula is C7H14N4. The van der Waals surface area contributed by atoms with E-state index in [0.29, 0.717) is 5.95 Å². The summed E-state index contributed by atoms with van der Waals surface area (Å²) in [6.45, 7) is 6.27. The highest BCUT2D eigenvalue weighted by Gasteiger charge is 2.17. The van der Waals surface area contributed by atoms with E-state index in [4.69, 9.17) is 0 Å². The minimum Gasteiger partial charge on any atom is -0.356 e. The number of hydrogen-bond donors (Lipinski definition) is 2. The number of nitrogens with one attached hydrogen (secondary N) is 2. The van der Waals surface area contributed by atoms with Crippen molar-refractivity contribution in [2.24, 2.45) is 0 Å². The molecule has 0 saturated carbocycles. The maximum absolute atomic E-state index is 4.22. The van der Waals surface area contributed by atoms with Crippen molar-refractivity contribution in [1.82, 2.24) is 15.2 Å². The van der Waals surface area contributed by atoms with E-state index < -0.39 is 0 Å². The van der Waals surface area contributed by atoms with E-state index in [0.717, 1.165) is 5.82 Å². The minimum absolute atomic E-state index is 0.0437. The second-order valence-corrected chi connectivity index (χ2v) is 3.51. The van der Waals surface area contributed by atoms with Crippen LogP contribution in [0.4, 0.5) is 5.95 Å². The molecule has 4 heteroatoms. The Labute approximate surface area is 66.4 Å². The molecule has 1 rings (SSSR count). The number of aromatic nitrogens is 3. The Bertz CT molecular complexity index is 233. The topological polar surface area (TPSA) is 53.6 Å². The molecule has 0 aliphatic carbocycles. The normalized spacial score (nSPS) is 11.6. The summed E-state index contributed by atoms with van der Waals surface area (Å²) in [6, 6.07) is 0. The first-order valence-electron chi connectivity index (χ1n) is 3.64. The van der Waals surface area contributed by atoms with Gasteiger partial charge in [-0.2, -0.15) is 4.98 Å². The van der Waals surface area contributed by atoms with Gasteiger partial charge in [0.1, 0.15) is 5.82 Å². The predicted molar refractivity (Wildman–Crippen MR) is 44.6 cm³/mol. The number of aromatic amines is 1. The molecule has 0 aromatic carbocycles. The second kappa shape index (κ2) is 2.53. The Hall–Kier alpha value is -1.06. The minimum atomic E-state index is 0.0437. The highest BCUT2D eigenvalue weighted by Crippen LogP contribution is 2.17. The van der Waals surface area contributed by atoms with Crippen molar-refractivity contribution in [3.63, 3.8) is 0 Å². The molecule has 0 spiro atoms. The third-order valence-electron chi connectivity index (χ3n) is 1.42. The van der Waals surface area contributed by atoms with Gasteiger partial charge in [0.05, 0.1) is 0 Å². The van der Waals surface area contributed by atoms with Gasteiger partial charge in [0.2, 0.25) is 5.95 Å². The number of anilines is 1. The van der Waals surface area contributed by atoms with E-state index in [9.17, 15) is 0 Å². The first-order chi connectivity index (χ1) is 5.04. The molecule has 0 aliphatic heterocycles. The lowest BCUT2D eigenvalue weighted by molar-refractivity contribution is 0.548. The van der Waals surface area contributed by atoms with E-state index in [1.54, 1.807) is 7.05 Å². The summed E-state index contributed by atoms with van der Waals surface area (Å²) in [5.74, 6) is 1.55. The van der Waals surface area contributed by atoms with Gasteiger partial charge >= 0.3 is 0 Å². The van der Waals surface area contributed by atoms with Crippen molar-refractivity contribution >= 4 is 5.95 Å². The van der Waals surface area contributed by atoms with Crippen LogP contribution >= 0.6 is 0 Å². The van der Waals surface area contributed by atoms with Crippen molar-refractivity contribution in [2.75, 3.05) is 12.4 Å². The highest BCUT2D eigenvalue weighted by atomic mass is 15.3. The number of H-pyrrole nitrogens is 1. The quantitative estimate of drug-likeness (QED) is 0.637. The molecule has 0 amide bonds. The smallest absolute Gasteiger partial charge is 0.241 e. The Kier molecular flexibility index (Phi) is 1.85. The maximum Gasteiger partial charge on any atom is 0.241 e. The number of nitrogens with zero attached hydrogens (tertiary/aromatic N) is 2.